The zero-order chi connectivity index (χ0) is 10.4. The van der Waals surface area contributed by atoms with Crippen molar-refractivity contribution in [2.75, 3.05) is 0 Å². The van der Waals surface area contributed by atoms with Crippen molar-refractivity contribution in [1.29, 1.82) is 0 Å². The van der Waals surface area contributed by atoms with E-state index in [1.165, 1.54) is 0 Å². The minimum atomic E-state index is -5.02. The van der Waals surface area contributed by atoms with Crippen LogP contribution in [0.2, 0.25) is 0 Å². The van der Waals surface area contributed by atoms with Crippen molar-refractivity contribution < 1.29 is 39.4 Å². The molecule has 76 valence electrons. The van der Waals surface area contributed by atoms with Crippen molar-refractivity contribution in [3.8, 4) is 0 Å². The van der Waals surface area contributed by atoms with E-state index in [-0.39, 0.29) is 29.6 Å². The molecule has 0 spiro atoms. The first-order chi connectivity index (χ1) is 5.21. The van der Waals surface area contributed by atoms with E-state index < -0.39 is 20.8 Å². The quantitative estimate of drug-likeness (QED) is 0.244. The predicted molar refractivity (Wildman–Crippen MR) is 39.5 cm³/mol. The van der Waals surface area contributed by atoms with Crippen LogP contribution < -0.4 is 0 Å². The first kappa shape index (κ1) is 19.1. The first-order valence-corrected chi connectivity index (χ1v) is 4.55. The molecule has 0 saturated carbocycles. The Kier molecular flexibility index (Phi) is 11.4. The van der Waals surface area contributed by atoms with Gasteiger partial charge in [-0.3, -0.25) is 9.11 Å². The molecule has 12 heteroatoms. The van der Waals surface area contributed by atoms with Gasteiger partial charge in [-0.25, -0.2) is 0 Å². The Labute approximate surface area is 96.2 Å². The molecule has 0 aliphatic rings. The van der Waals surface area contributed by atoms with Crippen LogP contribution in [0, 0.1) is 0 Å². The third-order valence-corrected chi connectivity index (χ3v) is 0.766. The molecular weight excluding hydrogens is 243 g/mol. The Morgan fingerprint density at radius 2 is 1.00 bits per heavy atom. The molecule has 0 radical (unpaired) electrons. The number of rotatable bonds is 3. The molecule has 0 amide bonds. The summed E-state index contributed by atoms with van der Waals surface area (Å²) in [6.45, 7) is 2.00. The number of carbonyl (C=O) groups is 1. The summed E-state index contributed by atoms with van der Waals surface area (Å²) in [4.78, 5) is 8.00. The van der Waals surface area contributed by atoms with Crippen molar-refractivity contribution in [3.05, 3.63) is 0 Å². The zero-order valence-electron chi connectivity index (χ0n) is 5.28. The van der Waals surface area contributed by atoms with Gasteiger partial charge in [0.05, 0.1) is 0 Å². The second-order valence-electron chi connectivity index (χ2n) is 0.992. The summed E-state index contributed by atoms with van der Waals surface area (Å²) in [5.41, 5.74) is 0. The van der Waals surface area contributed by atoms with Crippen LogP contribution in [0.1, 0.15) is 0 Å². The molecule has 13 heavy (non-hydrogen) atoms. The van der Waals surface area contributed by atoms with E-state index in [0.29, 0.717) is 0 Å². The molecule has 0 aromatic carbocycles. The van der Waals surface area contributed by atoms with Gasteiger partial charge < -0.3 is 4.79 Å². The third kappa shape index (κ3) is 24.5. The van der Waals surface area contributed by atoms with Gasteiger partial charge in [0.2, 0.25) is 0 Å². The van der Waals surface area contributed by atoms with E-state index in [1.807, 2.05) is 6.79 Å². The topological polar surface area (TPSA) is 144 Å². The Morgan fingerprint density at radius 3 is 1.08 bits per heavy atom. The molecule has 0 bridgehead atoms. The average molecular weight is 248 g/mol. The fourth-order valence-electron chi connectivity index (χ4n) is 0.0702. The van der Waals surface area contributed by atoms with Crippen LogP contribution in [-0.2, 0) is 34.3 Å². The Bertz CT molecular complexity index is 267. The maximum absolute atomic E-state index is 9.51. The second kappa shape index (κ2) is 7.78. The fraction of sp³-hybridized carbons (Fsp3) is 0. The van der Waals surface area contributed by atoms with Crippen molar-refractivity contribution in [3.63, 3.8) is 0 Å². The molecule has 2 N–H and O–H groups in total. The summed E-state index contributed by atoms with van der Waals surface area (Å²) in [5, 5.41) is 0. The van der Waals surface area contributed by atoms with E-state index >= 15 is 0 Å². The van der Waals surface area contributed by atoms with E-state index in [9.17, 15) is 16.8 Å². The second-order valence-corrected chi connectivity index (χ2v) is 2.97. The summed E-state index contributed by atoms with van der Waals surface area (Å²) >= 11 is 0. The summed E-state index contributed by atoms with van der Waals surface area (Å²) in [7, 11) is -10.0. The van der Waals surface area contributed by atoms with Gasteiger partial charge >= 0.3 is 50.4 Å². The van der Waals surface area contributed by atoms with Gasteiger partial charge in [-0.15, -0.1) is 0 Å². The first-order valence-electron chi connectivity index (χ1n) is 1.82. The molecule has 0 fully saturated rings. The molecule has 0 rings (SSSR count). The van der Waals surface area contributed by atoms with Gasteiger partial charge in [-0.1, -0.05) is 8.67 Å². The SMILES string of the molecule is C=O.O=S(=O)(O)OOS(=O)(=O)O.[NaH]. The summed E-state index contributed by atoms with van der Waals surface area (Å²) in [6, 6.07) is 0. The number of hydrogen-bond acceptors (Lipinski definition) is 7. The van der Waals surface area contributed by atoms with Gasteiger partial charge in [0.15, 0.2) is 0 Å². The standard InChI is InChI=1S/CH2O.Na.H2O8S2.H/c1-2;;1-9(2,3)7-8-10(4,5)6;/h1H2;;(H,1,2,3)(H,4,5,6);. The molecule has 0 aromatic heterocycles. The molecule has 0 aliphatic carbocycles. The molecule has 0 atom stereocenters. The van der Waals surface area contributed by atoms with E-state index in [0.717, 1.165) is 0 Å². The van der Waals surface area contributed by atoms with Gasteiger partial charge in [-0.2, -0.15) is 16.8 Å². The van der Waals surface area contributed by atoms with E-state index in [2.05, 4.69) is 8.67 Å². The monoisotopic (exact) mass is 248 g/mol. The number of carbonyl (C=O) groups excluding carboxylic acids is 1. The molecule has 0 unspecified atom stereocenters. The molecule has 0 heterocycles. The summed E-state index contributed by atoms with van der Waals surface area (Å²) < 4.78 is 58.9. The zero-order valence-corrected chi connectivity index (χ0v) is 6.91. The van der Waals surface area contributed by atoms with Crippen molar-refractivity contribution in [2.24, 2.45) is 0 Å². The van der Waals surface area contributed by atoms with Crippen LogP contribution in [-0.4, -0.2) is 62.3 Å². The Morgan fingerprint density at radius 1 is 0.846 bits per heavy atom. The van der Waals surface area contributed by atoms with Crippen LogP contribution in [0.5, 0.6) is 0 Å². The van der Waals surface area contributed by atoms with Crippen molar-refractivity contribution in [1.82, 2.24) is 0 Å². The molecule has 0 aromatic rings. The van der Waals surface area contributed by atoms with Gasteiger partial charge in [0.1, 0.15) is 6.79 Å². The van der Waals surface area contributed by atoms with Gasteiger partial charge in [-0.05, 0) is 0 Å². The van der Waals surface area contributed by atoms with Crippen LogP contribution in [0.3, 0.4) is 0 Å². The van der Waals surface area contributed by atoms with Crippen molar-refractivity contribution >= 4 is 57.1 Å². The van der Waals surface area contributed by atoms with Crippen LogP contribution in [0.15, 0.2) is 0 Å². The molecule has 9 nitrogen and oxygen atoms in total. The Hall–Kier alpha value is 0.410. The van der Waals surface area contributed by atoms with Crippen LogP contribution in [0.25, 0.3) is 0 Å². The van der Waals surface area contributed by atoms with Crippen molar-refractivity contribution in [2.45, 2.75) is 0 Å². The van der Waals surface area contributed by atoms with E-state index in [4.69, 9.17) is 13.9 Å². The number of hydrogen-bond donors (Lipinski definition) is 2. The maximum atomic E-state index is 9.51. The average Bonchev–Trinajstić information content (AvgIpc) is 1.86. The third-order valence-electron chi connectivity index (χ3n) is 0.200. The molecular formula is CH5NaO9S2. The minimum absolute atomic E-state index is 0. The Balaban J connectivity index is -0.000000309. The summed E-state index contributed by atoms with van der Waals surface area (Å²) in [6.07, 6.45) is 0. The molecule has 0 aliphatic heterocycles. The van der Waals surface area contributed by atoms with Crippen LogP contribution >= 0.6 is 0 Å². The summed E-state index contributed by atoms with van der Waals surface area (Å²) in [5.74, 6) is 0. The van der Waals surface area contributed by atoms with E-state index in [1.54, 1.807) is 0 Å². The van der Waals surface area contributed by atoms with Crippen LogP contribution in [0.4, 0.5) is 0 Å². The van der Waals surface area contributed by atoms with Gasteiger partial charge in [0.25, 0.3) is 0 Å². The van der Waals surface area contributed by atoms with Gasteiger partial charge in [0, 0.05) is 0 Å². The predicted octanol–water partition coefficient (Wildman–Crippen LogP) is -2.29. The fourth-order valence-corrected chi connectivity index (χ4v) is 0.632. The molecule has 0 saturated heterocycles. The normalized spacial score (nSPS) is 10.6.